The maximum atomic E-state index is 13.1. The first kappa shape index (κ1) is 16.4. The van der Waals surface area contributed by atoms with Gasteiger partial charge < -0.3 is 4.90 Å². The Morgan fingerprint density at radius 1 is 1.22 bits per heavy atom. The van der Waals surface area contributed by atoms with Gasteiger partial charge in [0.25, 0.3) is 0 Å². The molecule has 5 rings (SSSR count). The number of rotatable bonds is 2. The Morgan fingerprint density at radius 2 is 2.11 bits per heavy atom. The van der Waals surface area contributed by atoms with Crippen molar-refractivity contribution in [3.8, 4) is 0 Å². The van der Waals surface area contributed by atoms with Crippen molar-refractivity contribution in [2.75, 3.05) is 13.1 Å². The van der Waals surface area contributed by atoms with Gasteiger partial charge in [-0.15, -0.1) is 0 Å². The average Bonchev–Trinajstić information content (AvgIpc) is 3.24. The van der Waals surface area contributed by atoms with E-state index in [2.05, 4.69) is 10.1 Å². The lowest BCUT2D eigenvalue weighted by atomic mass is 9.77. The first-order valence-corrected chi connectivity index (χ1v) is 9.66. The van der Waals surface area contributed by atoms with Crippen molar-refractivity contribution in [1.29, 1.82) is 0 Å². The molecule has 1 fully saturated rings. The highest BCUT2D eigenvalue weighted by molar-refractivity contribution is 5.82. The van der Waals surface area contributed by atoms with Gasteiger partial charge in [0.2, 0.25) is 5.91 Å². The Kier molecular flexibility index (Phi) is 3.74. The number of benzene rings is 1. The molecule has 2 aromatic heterocycles. The zero-order valence-corrected chi connectivity index (χ0v) is 15.6. The summed E-state index contributed by atoms with van der Waals surface area (Å²) < 4.78 is 1.81. The number of aromatic nitrogens is 4. The van der Waals surface area contributed by atoms with E-state index in [1.54, 1.807) is 0 Å². The van der Waals surface area contributed by atoms with Crippen molar-refractivity contribution in [3.63, 3.8) is 0 Å². The van der Waals surface area contributed by atoms with E-state index in [0.29, 0.717) is 6.54 Å². The third-order valence-corrected chi connectivity index (χ3v) is 6.13. The van der Waals surface area contributed by atoms with E-state index in [1.807, 2.05) is 53.2 Å². The largest absolute Gasteiger partial charge is 0.340 e. The van der Waals surface area contributed by atoms with Crippen LogP contribution in [0.15, 0.2) is 36.7 Å². The summed E-state index contributed by atoms with van der Waals surface area (Å²) in [6.07, 6.45) is 8.01. The summed E-state index contributed by atoms with van der Waals surface area (Å²) in [4.78, 5) is 24.2. The lowest BCUT2D eigenvalue weighted by Gasteiger charge is -2.40. The number of hydrogen-bond donors (Lipinski definition) is 0. The van der Waals surface area contributed by atoms with Gasteiger partial charge in [-0.2, -0.15) is 5.10 Å². The smallest absolute Gasteiger partial charge is 0.244 e. The van der Waals surface area contributed by atoms with Crippen molar-refractivity contribution >= 4 is 16.8 Å². The van der Waals surface area contributed by atoms with E-state index in [9.17, 15) is 4.79 Å². The van der Waals surface area contributed by atoms with Gasteiger partial charge in [-0.3, -0.25) is 9.48 Å². The standard InChI is InChI=1S/C21H23N5O/c1-15-22-11-17-7-9-21(20(17)24-15)8-4-10-25(14-21)19(27)13-26-18-6-3-2-5-16(18)12-23-26/h2-3,5-6,11-12H,4,7-10,13-14H2,1H3. The van der Waals surface area contributed by atoms with Crippen LogP contribution >= 0.6 is 0 Å². The molecule has 27 heavy (non-hydrogen) atoms. The SMILES string of the molecule is Cc1ncc2c(n1)C1(CCCN(C(=O)Cn3ncc4ccccc43)C1)CC2. The van der Waals surface area contributed by atoms with Crippen molar-refractivity contribution < 1.29 is 4.79 Å². The van der Waals surface area contributed by atoms with E-state index in [0.717, 1.165) is 55.5 Å². The van der Waals surface area contributed by atoms with Gasteiger partial charge in [0, 0.05) is 30.1 Å². The Hall–Kier alpha value is -2.76. The Balaban J connectivity index is 1.39. The second-order valence-electron chi connectivity index (χ2n) is 7.85. The molecule has 0 saturated carbocycles. The molecular weight excluding hydrogens is 338 g/mol. The van der Waals surface area contributed by atoms with E-state index in [-0.39, 0.29) is 11.3 Å². The summed E-state index contributed by atoms with van der Waals surface area (Å²) in [5.41, 5.74) is 3.44. The summed E-state index contributed by atoms with van der Waals surface area (Å²) in [5.74, 6) is 0.962. The molecule has 6 nitrogen and oxygen atoms in total. The van der Waals surface area contributed by atoms with Gasteiger partial charge in [-0.1, -0.05) is 18.2 Å². The molecule has 0 radical (unpaired) electrons. The first-order valence-electron chi connectivity index (χ1n) is 9.66. The minimum atomic E-state index is 0.00310. The number of aryl methyl sites for hydroxylation is 2. The summed E-state index contributed by atoms with van der Waals surface area (Å²) in [5, 5.41) is 5.48. The van der Waals surface area contributed by atoms with E-state index >= 15 is 0 Å². The first-order chi connectivity index (χ1) is 13.1. The van der Waals surface area contributed by atoms with E-state index in [1.165, 1.54) is 11.3 Å². The highest BCUT2D eigenvalue weighted by Gasteiger charge is 2.44. The second-order valence-corrected chi connectivity index (χ2v) is 7.85. The van der Waals surface area contributed by atoms with Crippen LogP contribution in [0.1, 0.15) is 36.3 Å². The number of likely N-dealkylation sites (tertiary alicyclic amines) is 1. The third kappa shape index (κ3) is 2.71. The molecule has 0 N–H and O–H groups in total. The molecule has 2 aliphatic rings. The number of fused-ring (bicyclic) bond motifs is 3. The maximum absolute atomic E-state index is 13.1. The van der Waals surface area contributed by atoms with Crippen molar-refractivity contribution in [2.45, 2.75) is 44.6 Å². The van der Waals surface area contributed by atoms with Crippen LogP contribution in [-0.2, 0) is 23.2 Å². The molecule has 1 unspecified atom stereocenters. The lowest BCUT2D eigenvalue weighted by Crippen LogP contribution is -2.49. The van der Waals surface area contributed by atoms with Gasteiger partial charge in [-0.05, 0) is 44.2 Å². The molecule has 138 valence electrons. The van der Waals surface area contributed by atoms with Gasteiger partial charge in [0.05, 0.1) is 17.4 Å². The summed E-state index contributed by atoms with van der Waals surface area (Å²) in [6.45, 7) is 3.81. The third-order valence-electron chi connectivity index (χ3n) is 6.13. The Labute approximate surface area is 158 Å². The van der Waals surface area contributed by atoms with Crippen LogP contribution in [0.4, 0.5) is 0 Å². The van der Waals surface area contributed by atoms with Gasteiger partial charge in [0.1, 0.15) is 12.4 Å². The molecule has 6 heteroatoms. The van der Waals surface area contributed by atoms with Crippen molar-refractivity contribution in [3.05, 3.63) is 53.7 Å². The Morgan fingerprint density at radius 3 is 3.04 bits per heavy atom. The van der Waals surface area contributed by atoms with Crippen LogP contribution in [0.25, 0.3) is 10.9 Å². The molecule has 1 saturated heterocycles. The minimum Gasteiger partial charge on any atom is -0.340 e. The monoisotopic (exact) mass is 361 g/mol. The highest BCUT2D eigenvalue weighted by atomic mass is 16.2. The quantitative estimate of drug-likeness (QED) is 0.704. The minimum absolute atomic E-state index is 0.00310. The predicted octanol–water partition coefficient (Wildman–Crippen LogP) is 2.64. The Bertz CT molecular complexity index is 1020. The molecule has 1 aromatic carbocycles. The van der Waals surface area contributed by atoms with Crippen LogP contribution in [0, 0.1) is 6.92 Å². The molecule has 1 spiro atoms. The molecule has 3 heterocycles. The molecule has 1 amide bonds. The highest BCUT2D eigenvalue weighted by Crippen LogP contribution is 2.43. The van der Waals surface area contributed by atoms with Crippen molar-refractivity contribution in [1.82, 2.24) is 24.6 Å². The van der Waals surface area contributed by atoms with Gasteiger partial charge in [-0.25, -0.2) is 9.97 Å². The zero-order chi connectivity index (χ0) is 18.4. The maximum Gasteiger partial charge on any atom is 0.244 e. The predicted molar refractivity (Wildman–Crippen MR) is 102 cm³/mol. The van der Waals surface area contributed by atoms with E-state index in [4.69, 9.17) is 4.98 Å². The molecule has 0 bridgehead atoms. The second kappa shape index (κ2) is 6.15. The number of amides is 1. The lowest BCUT2D eigenvalue weighted by molar-refractivity contribution is -0.134. The number of carbonyl (C=O) groups is 1. The summed E-state index contributed by atoms with van der Waals surface area (Å²) in [7, 11) is 0. The normalized spacial score (nSPS) is 21.7. The van der Waals surface area contributed by atoms with Crippen LogP contribution in [0.3, 0.4) is 0 Å². The summed E-state index contributed by atoms with van der Waals surface area (Å²) in [6, 6.07) is 8.02. The van der Waals surface area contributed by atoms with Gasteiger partial charge >= 0.3 is 0 Å². The molecule has 1 aliphatic heterocycles. The summed E-state index contributed by atoms with van der Waals surface area (Å²) >= 11 is 0. The molecular formula is C21H23N5O. The number of piperidine rings is 1. The fourth-order valence-electron chi connectivity index (χ4n) is 4.75. The van der Waals surface area contributed by atoms with E-state index < -0.39 is 0 Å². The topological polar surface area (TPSA) is 63.9 Å². The van der Waals surface area contributed by atoms with Crippen LogP contribution < -0.4 is 0 Å². The zero-order valence-electron chi connectivity index (χ0n) is 15.6. The number of nitrogens with zero attached hydrogens (tertiary/aromatic N) is 5. The number of hydrogen-bond acceptors (Lipinski definition) is 4. The molecule has 3 aromatic rings. The molecule has 1 aliphatic carbocycles. The fourth-order valence-corrected chi connectivity index (χ4v) is 4.75. The van der Waals surface area contributed by atoms with Crippen molar-refractivity contribution in [2.24, 2.45) is 0 Å². The van der Waals surface area contributed by atoms with Gasteiger partial charge in [0.15, 0.2) is 0 Å². The number of carbonyl (C=O) groups excluding carboxylic acids is 1. The molecule has 1 atom stereocenters. The number of para-hydroxylation sites is 1. The van der Waals surface area contributed by atoms with Crippen LogP contribution in [0.2, 0.25) is 0 Å². The average molecular weight is 361 g/mol. The van der Waals surface area contributed by atoms with Crippen LogP contribution in [-0.4, -0.2) is 43.6 Å². The fraction of sp³-hybridized carbons (Fsp3) is 0.429. The van der Waals surface area contributed by atoms with Crippen LogP contribution in [0.5, 0.6) is 0 Å².